The van der Waals surface area contributed by atoms with Crippen LogP contribution in [0.4, 0.5) is 5.82 Å². The molecule has 2 N–H and O–H groups in total. The van der Waals surface area contributed by atoms with Crippen molar-refractivity contribution in [2.45, 2.75) is 45.1 Å². The van der Waals surface area contributed by atoms with Gasteiger partial charge < -0.3 is 10.6 Å². The number of pyridine rings is 1. The first-order valence-corrected chi connectivity index (χ1v) is 7.16. The Morgan fingerprint density at radius 1 is 1.37 bits per heavy atom. The first kappa shape index (κ1) is 13.8. The summed E-state index contributed by atoms with van der Waals surface area (Å²) in [4.78, 5) is 16.5. The normalized spacial score (nSPS) is 17.8. The van der Waals surface area contributed by atoms with E-state index >= 15 is 0 Å². The first-order valence-electron chi connectivity index (χ1n) is 7.16. The van der Waals surface area contributed by atoms with Gasteiger partial charge in [-0.15, -0.1) is 0 Å². The maximum absolute atomic E-state index is 12.3. The predicted octanol–water partition coefficient (Wildman–Crippen LogP) is 2.82. The van der Waals surface area contributed by atoms with Crippen LogP contribution in [0.2, 0.25) is 0 Å². The number of rotatable bonds is 4. The Morgan fingerprint density at radius 3 is 2.79 bits per heavy atom. The Labute approximate surface area is 115 Å². The van der Waals surface area contributed by atoms with Crippen LogP contribution in [0.3, 0.4) is 0 Å². The van der Waals surface area contributed by atoms with Crippen molar-refractivity contribution in [2.75, 3.05) is 12.4 Å². The van der Waals surface area contributed by atoms with E-state index in [9.17, 15) is 4.79 Å². The Bertz CT molecular complexity index is 427. The van der Waals surface area contributed by atoms with Gasteiger partial charge in [0.15, 0.2) is 0 Å². The second-order valence-corrected chi connectivity index (χ2v) is 5.31. The Kier molecular flexibility index (Phi) is 4.77. The average Bonchev–Trinajstić information content (AvgIpc) is 2.48. The van der Waals surface area contributed by atoms with E-state index in [0.29, 0.717) is 17.3 Å². The predicted molar refractivity (Wildman–Crippen MR) is 77.3 cm³/mol. The van der Waals surface area contributed by atoms with E-state index in [0.717, 1.165) is 0 Å². The van der Waals surface area contributed by atoms with Crippen LogP contribution in [0.25, 0.3) is 0 Å². The fraction of sp³-hybridized carbons (Fsp3) is 0.600. The summed E-state index contributed by atoms with van der Waals surface area (Å²) in [5, 5.41) is 6.08. The van der Waals surface area contributed by atoms with Crippen molar-refractivity contribution in [1.82, 2.24) is 10.3 Å². The minimum Gasteiger partial charge on any atom is -0.372 e. The van der Waals surface area contributed by atoms with Gasteiger partial charge in [-0.2, -0.15) is 0 Å². The third-order valence-corrected chi connectivity index (χ3v) is 4.00. The number of carbonyl (C=O) groups excluding carboxylic acids is 1. The zero-order chi connectivity index (χ0) is 13.7. The van der Waals surface area contributed by atoms with E-state index in [1.54, 1.807) is 19.3 Å². The Hall–Kier alpha value is -1.58. The van der Waals surface area contributed by atoms with Gasteiger partial charge in [0.05, 0.1) is 5.56 Å². The highest BCUT2D eigenvalue weighted by molar-refractivity contribution is 5.98. The molecule has 0 aliphatic heterocycles. The fourth-order valence-electron chi connectivity index (χ4n) is 2.82. The molecule has 1 saturated carbocycles. The number of nitrogens with one attached hydrogen (secondary N) is 2. The molecular weight excluding hydrogens is 238 g/mol. The van der Waals surface area contributed by atoms with Gasteiger partial charge in [0.1, 0.15) is 5.82 Å². The smallest absolute Gasteiger partial charge is 0.255 e. The molecule has 0 spiro atoms. The van der Waals surface area contributed by atoms with Gasteiger partial charge in [-0.05, 0) is 37.8 Å². The Morgan fingerprint density at radius 2 is 2.11 bits per heavy atom. The summed E-state index contributed by atoms with van der Waals surface area (Å²) in [6.07, 6.45) is 8.07. The van der Waals surface area contributed by atoms with Gasteiger partial charge in [-0.3, -0.25) is 4.79 Å². The van der Waals surface area contributed by atoms with Crippen molar-refractivity contribution in [3.63, 3.8) is 0 Å². The van der Waals surface area contributed by atoms with Gasteiger partial charge in [0, 0.05) is 19.3 Å². The minimum absolute atomic E-state index is 0.0319. The molecule has 1 heterocycles. The number of hydrogen-bond donors (Lipinski definition) is 2. The standard InChI is InChI=1S/C15H23N3O/c1-11(12-7-4-3-5-8-12)18-15(19)13-9-6-10-17-14(13)16-2/h6,9-12H,3-5,7-8H2,1-2H3,(H,16,17)(H,18,19). The van der Waals surface area contributed by atoms with E-state index in [1.165, 1.54) is 32.1 Å². The maximum atomic E-state index is 12.3. The summed E-state index contributed by atoms with van der Waals surface area (Å²) in [7, 11) is 1.78. The molecule has 0 bridgehead atoms. The van der Waals surface area contributed by atoms with E-state index in [4.69, 9.17) is 0 Å². The molecule has 1 unspecified atom stereocenters. The first-order chi connectivity index (χ1) is 9.22. The second kappa shape index (κ2) is 6.55. The van der Waals surface area contributed by atoms with E-state index in [2.05, 4.69) is 22.5 Å². The molecule has 1 amide bonds. The molecule has 2 rings (SSSR count). The Balaban J connectivity index is 1.99. The lowest BCUT2D eigenvalue weighted by Gasteiger charge is -2.28. The van der Waals surface area contributed by atoms with Gasteiger partial charge in [-0.1, -0.05) is 19.3 Å². The largest absolute Gasteiger partial charge is 0.372 e. The van der Waals surface area contributed by atoms with Crippen molar-refractivity contribution >= 4 is 11.7 Å². The molecule has 1 atom stereocenters. The van der Waals surface area contributed by atoms with Crippen LogP contribution < -0.4 is 10.6 Å². The molecule has 0 saturated heterocycles. The van der Waals surface area contributed by atoms with Crippen LogP contribution in [0.1, 0.15) is 49.4 Å². The average molecular weight is 261 g/mol. The van der Waals surface area contributed by atoms with Crippen LogP contribution in [-0.2, 0) is 0 Å². The van der Waals surface area contributed by atoms with Crippen molar-refractivity contribution in [3.05, 3.63) is 23.9 Å². The molecular formula is C15H23N3O. The summed E-state index contributed by atoms with van der Waals surface area (Å²) in [6, 6.07) is 3.83. The molecule has 1 fully saturated rings. The zero-order valence-electron chi connectivity index (χ0n) is 11.8. The molecule has 0 radical (unpaired) electrons. The van der Waals surface area contributed by atoms with Crippen LogP contribution in [-0.4, -0.2) is 24.0 Å². The number of anilines is 1. The topological polar surface area (TPSA) is 54.0 Å². The number of hydrogen-bond acceptors (Lipinski definition) is 3. The van der Waals surface area contributed by atoms with Crippen molar-refractivity contribution in [2.24, 2.45) is 5.92 Å². The minimum atomic E-state index is -0.0319. The summed E-state index contributed by atoms with van der Waals surface area (Å²) in [5.74, 6) is 1.22. The zero-order valence-corrected chi connectivity index (χ0v) is 11.8. The number of amides is 1. The summed E-state index contributed by atoms with van der Waals surface area (Å²) in [6.45, 7) is 2.11. The highest BCUT2D eigenvalue weighted by Crippen LogP contribution is 2.26. The van der Waals surface area contributed by atoms with Gasteiger partial charge in [-0.25, -0.2) is 4.98 Å². The quantitative estimate of drug-likeness (QED) is 0.876. The third kappa shape index (κ3) is 3.46. The monoisotopic (exact) mass is 261 g/mol. The number of nitrogens with zero attached hydrogens (tertiary/aromatic N) is 1. The third-order valence-electron chi connectivity index (χ3n) is 4.00. The van der Waals surface area contributed by atoms with Crippen molar-refractivity contribution in [3.8, 4) is 0 Å². The van der Waals surface area contributed by atoms with Gasteiger partial charge in [0.2, 0.25) is 0 Å². The van der Waals surface area contributed by atoms with Crippen LogP contribution >= 0.6 is 0 Å². The SMILES string of the molecule is CNc1ncccc1C(=O)NC(C)C1CCCCC1. The lowest BCUT2D eigenvalue weighted by atomic mass is 9.84. The van der Waals surface area contributed by atoms with E-state index in [1.807, 2.05) is 6.07 Å². The van der Waals surface area contributed by atoms with Crippen molar-refractivity contribution in [1.29, 1.82) is 0 Å². The van der Waals surface area contributed by atoms with Crippen LogP contribution in [0, 0.1) is 5.92 Å². The highest BCUT2D eigenvalue weighted by atomic mass is 16.1. The van der Waals surface area contributed by atoms with Crippen molar-refractivity contribution < 1.29 is 4.79 Å². The van der Waals surface area contributed by atoms with Gasteiger partial charge >= 0.3 is 0 Å². The number of aromatic nitrogens is 1. The maximum Gasteiger partial charge on any atom is 0.255 e. The van der Waals surface area contributed by atoms with E-state index < -0.39 is 0 Å². The van der Waals surface area contributed by atoms with Gasteiger partial charge in [0.25, 0.3) is 5.91 Å². The molecule has 104 valence electrons. The highest BCUT2D eigenvalue weighted by Gasteiger charge is 2.22. The molecule has 1 aliphatic rings. The molecule has 1 aromatic heterocycles. The second-order valence-electron chi connectivity index (χ2n) is 5.31. The lowest BCUT2D eigenvalue weighted by molar-refractivity contribution is 0.0920. The number of carbonyl (C=O) groups is 1. The molecule has 4 heteroatoms. The van der Waals surface area contributed by atoms with E-state index in [-0.39, 0.29) is 11.9 Å². The fourth-order valence-corrected chi connectivity index (χ4v) is 2.82. The molecule has 19 heavy (non-hydrogen) atoms. The molecule has 0 aromatic carbocycles. The molecule has 1 aliphatic carbocycles. The summed E-state index contributed by atoms with van der Waals surface area (Å²) < 4.78 is 0. The lowest BCUT2D eigenvalue weighted by Crippen LogP contribution is -2.39. The summed E-state index contributed by atoms with van der Waals surface area (Å²) >= 11 is 0. The molecule has 1 aromatic rings. The summed E-state index contributed by atoms with van der Waals surface area (Å²) in [5.41, 5.74) is 0.618. The van der Waals surface area contributed by atoms with Crippen LogP contribution in [0.5, 0.6) is 0 Å². The van der Waals surface area contributed by atoms with Crippen LogP contribution in [0.15, 0.2) is 18.3 Å². The molecule has 4 nitrogen and oxygen atoms in total.